The van der Waals surface area contributed by atoms with Crippen LogP contribution in [0.1, 0.15) is 25.7 Å². The summed E-state index contributed by atoms with van der Waals surface area (Å²) in [4.78, 5) is 19.1. The highest BCUT2D eigenvalue weighted by atomic mass is 32.2. The van der Waals surface area contributed by atoms with Gasteiger partial charge in [-0.2, -0.15) is 4.31 Å². The standard InChI is InChI=1S/C18H21N3O4S/c22-17(23)7-6-14-8-10-21(11-9-14)26(24,25)16-12-19-18(20-13-16)15-4-2-1-3-5-15/h1-5,12-14H,6-11H2,(H,22,23). The average molecular weight is 375 g/mol. The summed E-state index contributed by atoms with van der Waals surface area (Å²) >= 11 is 0. The van der Waals surface area contributed by atoms with E-state index in [0.29, 0.717) is 38.2 Å². The summed E-state index contributed by atoms with van der Waals surface area (Å²) in [5.41, 5.74) is 0.829. The first kappa shape index (κ1) is 18.5. The summed E-state index contributed by atoms with van der Waals surface area (Å²) in [6, 6.07) is 9.37. The zero-order chi connectivity index (χ0) is 18.6. The van der Waals surface area contributed by atoms with Gasteiger partial charge in [0.1, 0.15) is 4.90 Å². The molecule has 26 heavy (non-hydrogen) atoms. The second-order valence-electron chi connectivity index (χ2n) is 6.39. The minimum absolute atomic E-state index is 0.0844. The number of rotatable bonds is 6. The van der Waals surface area contributed by atoms with Crippen molar-refractivity contribution < 1.29 is 18.3 Å². The van der Waals surface area contributed by atoms with E-state index in [0.717, 1.165) is 5.56 Å². The Morgan fingerprint density at radius 1 is 1.12 bits per heavy atom. The molecule has 0 unspecified atom stereocenters. The lowest BCUT2D eigenvalue weighted by molar-refractivity contribution is -0.137. The maximum atomic E-state index is 12.8. The lowest BCUT2D eigenvalue weighted by Gasteiger charge is -2.30. The molecule has 0 amide bonds. The molecule has 8 heteroatoms. The average Bonchev–Trinajstić information content (AvgIpc) is 2.67. The first-order chi connectivity index (χ1) is 12.5. The molecule has 1 saturated heterocycles. The number of benzene rings is 1. The van der Waals surface area contributed by atoms with Gasteiger partial charge in [0.25, 0.3) is 0 Å². The number of carbonyl (C=O) groups is 1. The van der Waals surface area contributed by atoms with E-state index in [1.807, 2.05) is 30.3 Å². The molecule has 1 aromatic heterocycles. The van der Waals surface area contributed by atoms with Crippen molar-refractivity contribution in [2.75, 3.05) is 13.1 Å². The van der Waals surface area contributed by atoms with E-state index in [4.69, 9.17) is 5.11 Å². The molecule has 0 bridgehead atoms. The molecule has 1 N–H and O–H groups in total. The van der Waals surface area contributed by atoms with Gasteiger partial charge in [-0.15, -0.1) is 0 Å². The Labute approximate surface area is 152 Å². The summed E-state index contributed by atoms with van der Waals surface area (Å²) in [5, 5.41) is 8.76. The summed E-state index contributed by atoms with van der Waals surface area (Å²) in [5.74, 6) is -0.0677. The predicted octanol–water partition coefficient (Wildman–Crippen LogP) is 2.41. The maximum absolute atomic E-state index is 12.8. The Morgan fingerprint density at radius 3 is 2.31 bits per heavy atom. The van der Waals surface area contributed by atoms with Gasteiger partial charge in [-0.25, -0.2) is 18.4 Å². The molecular weight excluding hydrogens is 354 g/mol. The fourth-order valence-corrected chi connectivity index (χ4v) is 4.46. The highest BCUT2D eigenvalue weighted by molar-refractivity contribution is 7.89. The van der Waals surface area contributed by atoms with Crippen LogP contribution in [-0.4, -0.2) is 46.9 Å². The lowest BCUT2D eigenvalue weighted by atomic mass is 9.93. The van der Waals surface area contributed by atoms with Crippen molar-refractivity contribution in [2.24, 2.45) is 5.92 Å². The van der Waals surface area contributed by atoms with Crippen LogP contribution in [0.2, 0.25) is 0 Å². The van der Waals surface area contributed by atoms with Crippen molar-refractivity contribution in [3.63, 3.8) is 0 Å². The summed E-state index contributed by atoms with van der Waals surface area (Å²) in [7, 11) is -3.62. The first-order valence-electron chi connectivity index (χ1n) is 8.56. The third-order valence-electron chi connectivity index (χ3n) is 4.64. The largest absolute Gasteiger partial charge is 0.481 e. The van der Waals surface area contributed by atoms with Crippen LogP contribution < -0.4 is 0 Å². The number of hydrogen-bond acceptors (Lipinski definition) is 5. The van der Waals surface area contributed by atoms with Crippen LogP contribution in [-0.2, 0) is 14.8 Å². The number of piperidine rings is 1. The van der Waals surface area contributed by atoms with Crippen molar-refractivity contribution in [3.8, 4) is 11.4 Å². The SMILES string of the molecule is O=C(O)CCC1CCN(S(=O)(=O)c2cnc(-c3ccccc3)nc2)CC1. The first-order valence-corrected chi connectivity index (χ1v) is 10.0. The molecule has 0 saturated carbocycles. The Kier molecular flexibility index (Phi) is 5.63. The zero-order valence-corrected chi connectivity index (χ0v) is 15.1. The van der Waals surface area contributed by atoms with Crippen LogP contribution >= 0.6 is 0 Å². The van der Waals surface area contributed by atoms with E-state index in [1.165, 1.54) is 16.7 Å². The summed E-state index contributed by atoms with van der Waals surface area (Å²) < 4.78 is 27.0. The van der Waals surface area contributed by atoms with Gasteiger partial charge < -0.3 is 5.11 Å². The van der Waals surface area contributed by atoms with E-state index < -0.39 is 16.0 Å². The second kappa shape index (κ2) is 7.92. The molecule has 2 heterocycles. The number of aliphatic carboxylic acids is 1. The molecule has 138 valence electrons. The molecule has 1 aliphatic heterocycles. The van der Waals surface area contributed by atoms with Crippen molar-refractivity contribution in [1.82, 2.24) is 14.3 Å². The van der Waals surface area contributed by atoms with Crippen LogP contribution in [0.5, 0.6) is 0 Å². The van der Waals surface area contributed by atoms with E-state index in [-0.39, 0.29) is 17.2 Å². The third-order valence-corrected chi connectivity index (χ3v) is 6.49. The fourth-order valence-electron chi connectivity index (χ4n) is 3.10. The normalized spacial score (nSPS) is 16.5. The molecule has 7 nitrogen and oxygen atoms in total. The van der Waals surface area contributed by atoms with Gasteiger partial charge in [0.2, 0.25) is 10.0 Å². The molecule has 0 radical (unpaired) electrons. The molecule has 0 spiro atoms. The predicted molar refractivity (Wildman–Crippen MR) is 95.8 cm³/mol. The molecular formula is C18H21N3O4S. The maximum Gasteiger partial charge on any atom is 0.303 e. The smallest absolute Gasteiger partial charge is 0.303 e. The topological polar surface area (TPSA) is 100 Å². The highest BCUT2D eigenvalue weighted by Gasteiger charge is 2.30. The van der Waals surface area contributed by atoms with E-state index in [1.54, 1.807) is 0 Å². The van der Waals surface area contributed by atoms with E-state index in [9.17, 15) is 13.2 Å². The molecule has 1 aromatic carbocycles. The van der Waals surface area contributed by atoms with Gasteiger partial charge in [-0.1, -0.05) is 30.3 Å². The fraction of sp³-hybridized carbons (Fsp3) is 0.389. The van der Waals surface area contributed by atoms with Gasteiger partial charge in [0.05, 0.1) is 12.4 Å². The van der Waals surface area contributed by atoms with Crippen molar-refractivity contribution in [2.45, 2.75) is 30.6 Å². The van der Waals surface area contributed by atoms with Crippen LogP contribution in [0.4, 0.5) is 0 Å². The number of sulfonamides is 1. The van der Waals surface area contributed by atoms with Crippen LogP contribution in [0, 0.1) is 5.92 Å². The Bertz CT molecular complexity index is 846. The zero-order valence-electron chi connectivity index (χ0n) is 14.3. The Hall–Kier alpha value is -2.32. The van der Waals surface area contributed by atoms with Crippen LogP contribution in [0.3, 0.4) is 0 Å². The van der Waals surface area contributed by atoms with Gasteiger partial charge in [-0.05, 0) is 25.2 Å². The minimum Gasteiger partial charge on any atom is -0.481 e. The Balaban J connectivity index is 1.66. The summed E-state index contributed by atoms with van der Waals surface area (Å²) in [6.07, 6.45) is 4.78. The van der Waals surface area contributed by atoms with Gasteiger partial charge in [0.15, 0.2) is 5.82 Å². The van der Waals surface area contributed by atoms with Crippen molar-refractivity contribution >= 4 is 16.0 Å². The monoisotopic (exact) mass is 375 g/mol. The quantitative estimate of drug-likeness (QED) is 0.832. The van der Waals surface area contributed by atoms with E-state index >= 15 is 0 Å². The molecule has 3 rings (SSSR count). The summed E-state index contributed by atoms with van der Waals surface area (Å²) in [6.45, 7) is 0.792. The molecule has 0 aliphatic carbocycles. The number of nitrogens with zero attached hydrogens (tertiary/aromatic N) is 3. The number of aromatic nitrogens is 2. The lowest BCUT2D eigenvalue weighted by Crippen LogP contribution is -2.38. The minimum atomic E-state index is -3.62. The molecule has 1 fully saturated rings. The van der Waals surface area contributed by atoms with Crippen molar-refractivity contribution in [1.29, 1.82) is 0 Å². The molecule has 1 aliphatic rings. The second-order valence-corrected chi connectivity index (χ2v) is 8.33. The third kappa shape index (κ3) is 4.25. The van der Waals surface area contributed by atoms with Crippen molar-refractivity contribution in [3.05, 3.63) is 42.7 Å². The van der Waals surface area contributed by atoms with Crippen LogP contribution in [0.15, 0.2) is 47.6 Å². The van der Waals surface area contributed by atoms with E-state index in [2.05, 4.69) is 9.97 Å². The van der Waals surface area contributed by atoms with Gasteiger partial charge in [-0.3, -0.25) is 4.79 Å². The highest BCUT2D eigenvalue weighted by Crippen LogP contribution is 2.26. The van der Waals surface area contributed by atoms with Crippen LogP contribution in [0.25, 0.3) is 11.4 Å². The number of carboxylic acids is 1. The van der Waals surface area contributed by atoms with Gasteiger partial charge >= 0.3 is 5.97 Å². The molecule has 2 aromatic rings. The number of carboxylic acid groups (broad SMARTS) is 1. The molecule has 0 atom stereocenters. The van der Waals surface area contributed by atoms with Gasteiger partial charge in [0, 0.05) is 25.1 Å². The number of hydrogen-bond donors (Lipinski definition) is 1. The Morgan fingerprint density at radius 2 is 1.73 bits per heavy atom.